The molecule has 0 aliphatic carbocycles. The molecule has 0 aromatic heterocycles. The summed E-state index contributed by atoms with van der Waals surface area (Å²) in [6, 6.07) is 15.6. The van der Waals surface area contributed by atoms with Gasteiger partial charge in [0, 0.05) is 5.56 Å². The highest BCUT2D eigenvalue weighted by atomic mass is 32.2. The first kappa shape index (κ1) is 24.4. The van der Waals surface area contributed by atoms with Crippen molar-refractivity contribution in [1.29, 1.82) is 0 Å². The lowest BCUT2D eigenvalue weighted by atomic mass is 9.94. The quantitative estimate of drug-likeness (QED) is 0.256. The van der Waals surface area contributed by atoms with Gasteiger partial charge in [-0.15, -0.1) is 0 Å². The van der Waals surface area contributed by atoms with Crippen LogP contribution in [0.5, 0.6) is 23.0 Å². The SMILES string of the molecule is C=Cc1c(/C=C(\C)c2cc3c(cc2CCC)OCO3)ccc(OC)c1OS(=O)(=O)c1ccccc1. The standard InChI is InChI=1S/C28H28O6S/c1-5-10-20-16-26-27(33-18-32-26)17-24(20)19(3)15-21-13-14-25(31-4)28(23(21)6-2)34-35(29,30)22-11-8-7-9-12-22/h6-9,11-17H,2,5,10,18H2,1,3-4H3/b19-15+. The van der Waals surface area contributed by atoms with Gasteiger partial charge in [-0.25, -0.2) is 0 Å². The van der Waals surface area contributed by atoms with E-state index < -0.39 is 10.1 Å². The van der Waals surface area contributed by atoms with Crippen molar-refractivity contribution in [2.45, 2.75) is 31.6 Å². The molecule has 0 atom stereocenters. The number of rotatable bonds is 9. The molecule has 0 radical (unpaired) electrons. The highest BCUT2D eigenvalue weighted by molar-refractivity contribution is 7.87. The Balaban J connectivity index is 1.80. The van der Waals surface area contributed by atoms with E-state index in [2.05, 4.69) is 13.5 Å². The topological polar surface area (TPSA) is 71.1 Å². The van der Waals surface area contributed by atoms with Crippen molar-refractivity contribution in [3.8, 4) is 23.0 Å². The Bertz CT molecular complexity index is 1370. The molecule has 0 saturated heterocycles. The minimum atomic E-state index is -4.08. The van der Waals surface area contributed by atoms with Gasteiger partial charge in [-0.3, -0.25) is 0 Å². The summed E-state index contributed by atoms with van der Waals surface area (Å²) < 4.78 is 48.1. The van der Waals surface area contributed by atoms with Crippen molar-refractivity contribution in [3.63, 3.8) is 0 Å². The fraction of sp³-hybridized carbons (Fsp3) is 0.214. The van der Waals surface area contributed by atoms with E-state index in [4.69, 9.17) is 18.4 Å². The number of allylic oxidation sites excluding steroid dienone is 1. The third-order valence-electron chi connectivity index (χ3n) is 5.76. The number of methoxy groups -OCH3 is 1. The highest BCUT2D eigenvalue weighted by Gasteiger charge is 2.23. The lowest BCUT2D eigenvalue weighted by molar-refractivity contribution is 0.174. The number of fused-ring (bicyclic) bond motifs is 1. The molecule has 35 heavy (non-hydrogen) atoms. The summed E-state index contributed by atoms with van der Waals surface area (Å²) >= 11 is 0. The zero-order valence-electron chi connectivity index (χ0n) is 20.0. The monoisotopic (exact) mass is 492 g/mol. The predicted octanol–water partition coefficient (Wildman–Crippen LogP) is 6.35. The van der Waals surface area contributed by atoms with Crippen molar-refractivity contribution in [1.82, 2.24) is 0 Å². The zero-order chi connectivity index (χ0) is 25.0. The Labute approximate surface area is 206 Å². The Kier molecular flexibility index (Phi) is 7.17. The van der Waals surface area contributed by atoms with Gasteiger partial charge in [0.2, 0.25) is 6.79 Å². The van der Waals surface area contributed by atoms with E-state index in [1.54, 1.807) is 30.3 Å². The van der Waals surface area contributed by atoms with Crippen molar-refractivity contribution in [2.75, 3.05) is 13.9 Å². The molecule has 6 nitrogen and oxygen atoms in total. The second-order valence-electron chi connectivity index (χ2n) is 8.09. The van der Waals surface area contributed by atoms with Gasteiger partial charge in [0.05, 0.1) is 7.11 Å². The van der Waals surface area contributed by atoms with E-state index in [-0.39, 0.29) is 17.4 Å². The van der Waals surface area contributed by atoms with Crippen molar-refractivity contribution in [3.05, 3.63) is 83.4 Å². The third kappa shape index (κ3) is 5.05. The number of hydrogen-bond acceptors (Lipinski definition) is 6. The average Bonchev–Trinajstić information content (AvgIpc) is 3.32. The Morgan fingerprint density at radius 1 is 1.09 bits per heavy atom. The van der Waals surface area contributed by atoms with Crippen LogP contribution in [-0.2, 0) is 16.5 Å². The molecule has 1 aliphatic heterocycles. The van der Waals surface area contributed by atoms with Gasteiger partial charge in [-0.1, -0.05) is 56.3 Å². The van der Waals surface area contributed by atoms with Crippen LogP contribution in [0.4, 0.5) is 0 Å². The highest BCUT2D eigenvalue weighted by Crippen LogP contribution is 2.40. The molecular formula is C28H28O6S. The normalized spacial score (nSPS) is 12.9. The van der Waals surface area contributed by atoms with Gasteiger partial charge in [0.25, 0.3) is 0 Å². The predicted molar refractivity (Wildman–Crippen MR) is 137 cm³/mol. The van der Waals surface area contributed by atoms with Crippen molar-refractivity contribution < 1.29 is 26.8 Å². The number of aryl methyl sites for hydroxylation is 1. The Morgan fingerprint density at radius 3 is 2.46 bits per heavy atom. The van der Waals surface area contributed by atoms with Crippen molar-refractivity contribution >= 4 is 27.8 Å². The molecule has 0 unspecified atom stereocenters. The first-order valence-electron chi connectivity index (χ1n) is 11.3. The molecule has 0 fully saturated rings. The van der Waals surface area contributed by atoms with Gasteiger partial charge < -0.3 is 18.4 Å². The van der Waals surface area contributed by atoms with Crippen LogP contribution in [0.25, 0.3) is 17.7 Å². The van der Waals surface area contributed by atoms with Gasteiger partial charge in [-0.2, -0.15) is 8.42 Å². The molecule has 182 valence electrons. The fourth-order valence-electron chi connectivity index (χ4n) is 4.06. The number of benzene rings is 3. The molecule has 4 rings (SSSR count). The smallest absolute Gasteiger partial charge is 0.339 e. The van der Waals surface area contributed by atoms with Gasteiger partial charge in [0.15, 0.2) is 23.0 Å². The van der Waals surface area contributed by atoms with Gasteiger partial charge in [0.1, 0.15) is 4.90 Å². The zero-order valence-corrected chi connectivity index (χ0v) is 20.9. The van der Waals surface area contributed by atoms with Crippen LogP contribution in [0.2, 0.25) is 0 Å². The summed E-state index contributed by atoms with van der Waals surface area (Å²) in [6.07, 6.45) is 5.42. The summed E-state index contributed by atoms with van der Waals surface area (Å²) in [4.78, 5) is 0.0544. The summed E-state index contributed by atoms with van der Waals surface area (Å²) in [7, 11) is -2.61. The van der Waals surface area contributed by atoms with Gasteiger partial charge in [-0.05, 0) is 65.9 Å². The van der Waals surface area contributed by atoms with Crippen LogP contribution >= 0.6 is 0 Å². The maximum Gasteiger partial charge on any atom is 0.339 e. The van der Waals surface area contributed by atoms with E-state index in [1.165, 1.54) is 19.2 Å². The maximum absolute atomic E-state index is 13.0. The van der Waals surface area contributed by atoms with Crippen molar-refractivity contribution in [2.24, 2.45) is 0 Å². The lowest BCUT2D eigenvalue weighted by Gasteiger charge is -2.16. The summed E-state index contributed by atoms with van der Waals surface area (Å²) in [5, 5.41) is 0. The van der Waals surface area contributed by atoms with Crippen LogP contribution in [0.1, 0.15) is 42.5 Å². The van der Waals surface area contributed by atoms with Crippen LogP contribution in [0, 0.1) is 0 Å². The van der Waals surface area contributed by atoms with Crippen LogP contribution in [-0.4, -0.2) is 22.3 Å². The minimum absolute atomic E-state index is 0.0544. The molecule has 0 bridgehead atoms. The number of hydrogen-bond donors (Lipinski definition) is 0. The second kappa shape index (κ2) is 10.3. The molecule has 3 aromatic rings. The van der Waals surface area contributed by atoms with Crippen LogP contribution in [0.15, 0.2) is 66.1 Å². The van der Waals surface area contributed by atoms with E-state index >= 15 is 0 Å². The molecular weight excluding hydrogens is 464 g/mol. The van der Waals surface area contributed by atoms with Crippen LogP contribution < -0.4 is 18.4 Å². The number of ether oxygens (including phenoxy) is 3. The van der Waals surface area contributed by atoms with E-state index in [0.717, 1.165) is 40.9 Å². The van der Waals surface area contributed by atoms with E-state index in [9.17, 15) is 8.42 Å². The fourth-order valence-corrected chi connectivity index (χ4v) is 5.04. The first-order chi connectivity index (χ1) is 16.9. The minimum Gasteiger partial charge on any atom is -0.493 e. The molecule has 0 amide bonds. The summed E-state index contributed by atoms with van der Waals surface area (Å²) in [5.74, 6) is 1.85. The van der Waals surface area contributed by atoms with E-state index in [0.29, 0.717) is 17.1 Å². The third-order valence-corrected chi connectivity index (χ3v) is 6.99. The molecule has 1 heterocycles. The summed E-state index contributed by atoms with van der Waals surface area (Å²) in [5.41, 5.74) is 4.44. The molecule has 7 heteroatoms. The van der Waals surface area contributed by atoms with Gasteiger partial charge >= 0.3 is 10.1 Å². The largest absolute Gasteiger partial charge is 0.493 e. The first-order valence-corrected chi connectivity index (χ1v) is 12.7. The maximum atomic E-state index is 13.0. The Hall–Kier alpha value is -3.71. The Morgan fingerprint density at radius 2 is 1.80 bits per heavy atom. The molecule has 1 aliphatic rings. The molecule has 0 N–H and O–H groups in total. The molecule has 0 saturated carbocycles. The summed E-state index contributed by atoms with van der Waals surface area (Å²) in [6.45, 7) is 8.26. The lowest BCUT2D eigenvalue weighted by Crippen LogP contribution is -2.11. The molecule has 0 spiro atoms. The van der Waals surface area contributed by atoms with E-state index in [1.807, 2.05) is 31.2 Å². The average molecular weight is 493 g/mol. The second-order valence-corrected chi connectivity index (χ2v) is 9.64. The molecule has 3 aromatic carbocycles. The van der Waals surface area contributed by atoms with Crippen LogP contribution in [0.3, 0.4) is 0 Å².